The molecule has 0 saturated carbocycles. The Labute approximate surface area is 129 Å². The Morgan fingerprint density at radius 1 is 1.50 bits per heavy atom. The number of pyridine rings is 1. The second kappa shape index (κ2) is 5.90. The van der Waals surface area contributed by atoms with Crippen molar-refractivity contribution in [2.45, 2.75) is 45.6 Å². The Kier molecular flexibility index (Phi) is 4.35. The first-order chi connectivity index (χ1) is 10.2. The van der Waals surface area contributed by atoms with Crippen LogP contribution in [0.4, 0.5) is 10.5 Å². The number of nitro groups is 1. The van der Waals surface area contributed by atoms with Gasteiger partial charge in [0, 0.05) is 30.3 Å². The molecular weight excluding hydrogens is 286 g/mol. The van der Waals surface area contributed by atoms with Crippen LogP contribution in [0.3, 0.4) is 0 Å². The van der Waals surface area contributed by atoms with Gasteiger partial charge in [-0.05, 0) is 33.3 Å². The zero-order valence-corrected chi connectivity index (χ0v) is 13.3. The number of hydrogen-bond donors (Lipinski definition) is 0. The van der Waals surface area contributed by atoms with Crippen molar-refractivity contribution in [1.29, 1.82) is 0 Å². The van der Waals surface area contributed by atoms with Gasteiger partial charge in [0.2, 0.25) is 0 Å². The molecule has 0 bridgehead atoms. The number of aryl methyl sites for hydroxylation is 1. The maximum Gasteiger partial charge on any atom is 0.410 e. The molecule has 1 aliphatic heterocycles. The maximum absolute atomic E-state index is 11.9. The van der Waals surface area contributed by atoms with Crippen LogP contribution >= 0.6 is 0 Å². The quantitative estimate of drug-likeness (QED) is 0.633. The summed E-state index contributed by atoms with van der Waals surface area (Å²) in [5.74, 6) is 0.110. The minimum atomic E-state index is -0.511. The lowest BCUT2D eigenvalue weighted by Gasteiger charge is -2.39. The SMILES string of the molecule is CCc1cc(C2CN(C(=O)OC(C)(C)C)C2)ncc1[N+](=O)[O-]. The summed E-state index contributed by atoms with van der Waals surface area (Å²) in [7, 11) is 0. The molecule has 2 rings (SSSR count). The minimum Gasteiger partial charge on any atom is -0.444 e. The summed E-state index contributed by atoms with van der Waals surface area (Å²) in [4.78, 5) is 28.2. The number of nitrogens with zero attached hydrogens (tertiary/aromatic N) is 3. The molecular formula is C15H21N3O4. The van der Waals surface area contributed by atoms with Crippen LogP contribution in [0.5, 0.6) is 0 Å². The number of rotatable bonds is 3. The standard InChI is InChI=1S/C15H21N3O4/c1-5-10-6-12(16-7-13(10)18(20)21)11-8-17(9-11)14(19)22-15(2,3)4/h6-7,11H,5,8-9H2,1-4H3. The smallest absolute Gasteiger partial charge is 0.410 e. The van der Waals surface area contributed by atoms with Crippen LogP contribution in [0.2, 0.25) is 0 Å². The molecule has 22 heavy (non-hydrogen) atoms. The molecule has 0 spiro atoms. The number of likely N-dealkylation sites (tertiary alicyclic amines) is 1. The zero-order chi connectivity index (χ0) is 16.5. The van der Waals surface area contributed by atoms with Crippen molar-refractivity contribution in [3.8, 4) is 0 Å². The molecule has 1 saturated heterocycles. The highest BCUT2D eigenvalue weighted by atomic mass is 16.6. The van der Waals surface area contributed by atoms with Crippen molar-refractivity contribution >= 4 is 11.8 Å². The predicted molar refractivity (Wildman–Crippen MR) is 80.8 cm³/mol. The molecule has 1 aromatic rings. The largest absolute Gasteiger partial charge is 0.444 e. The summed E-state index contributed by atoms with van der Waals surface area (Å²) in [6.45, 7) is 8.42. The van der Waals surface area contributed by atoms with Crippen molar-refractivity contribution in [3.63, 3.8) is 0 Å². The van der Waals surface area contributed by atoms with Crippen molar-refractivity contribution in [2.75, 3.05) is 13.1 Å². The van der Waals surface area contributed by atoms with Crippen LogP contribution < -0.4 is 0 Å². The number of carbonyl (C=O) groups is 1. The first-order valence-corrected chi connectivity index (χ1v) is 7.32. The molecule has 0 aliphatic carbocycles. The highest BCUT2D eigenvalue weighted by molar-refractivity contribution is 5.69. The fourth-order valence-electron chi connectivity index (χ4n) is 2.32. The number of amides is 1. The van der Waals surface area contributed by atoms with E-state index >= 15 is 0 Å². The molecule has 0 atom stereocenters. The van der Waals surface area contributed by atoms with Gasteiger partial charge >= 0.3 is 6.09 Å². The topological polar surface area (TPSA) is 85.6 Å². The second-order valence-electron chi connectivity index (χ2n) is 6.43. The number of ether oxygens (including phenoxy) is 1. The van der Waals surface area contributed by atoms with Gasteiger partial charge in [0.05, 0.1) is 4.92 Å². The van der Waals surface area contributed by atoms with Crippen LogP contribution in [0.1, 0.15) is 44.9 Å². The van der Waals surface area contributed by atoms with Gasteiger partial charge in [-0.2, -0.15) is 0 Å². The molecule has 1 aliphatic rings. The van der Waals surface area contributed by atoms with Crippen LogP contribution in [0.25, 0.3) is 0 Å². The van der Waals surface area contributed by atoms with E-state index in [9.17, 15) is 14.9 Å². The highest BCUT2D eigenvalue weighted by Gasteiger charge is 2.35. The summed E-state index contributed by atoms with van der Waals surface area (Å²) < 4.78 is 5.30. The molecule has 7 heteroatoms. The molecule has 0 N–H and O–H groups in total. The Morgan fingerprint density at radius 3 is 2.64 bits per heavy atom. The molecule has 1 aromatic heterocycles. The van der Waals surface area contributed by atoms with E-state index in [1.54, 1.807) is 11.0 Å². The number of carbonyl (C=O) groups excluding carboxylic acids is 1. The monoisotopic (exact) mass is 307 g/mol. The lowest BCUT2D eigenvalue weighted by molar-refractivity contribution is -0.385. The van der Waals surface area contributed by atoms with Gasteiger partial charge in [-0.15, -0.1) is 0 Å². The van der Waals surface area contributed by atoms with E-state index in [1.165, 1.54) is 6.20 Å². The van der Waals surface area contributed by atoms with Crippen molar-refractivity contribution in [1.82, 2.24) is 9.88 Å². The minimum absolute atomic E-state index is 0.0505. The van der Waals surface area contributed by atoms with Gasteiger partial charge in [0.1, 0.15) is 11.8 Å². The van der Waals surface area contributed by atoms with Gasteiger partial charge < -0.3 is 9.64 Å². The van der Waals surface area contributed by atoms with E-state index in [1.807, 2.05) is 27.7 Å². The molecule has 1 amide bonds. The summed E-state index contributed by atoms with van der Waals surface area (Å²) in [5.41, 5.74) is 1.01. The lowest BCUT2D eigenvalue weighted by Crippen LogP contribution is -2.50. The Bertz CT molecular complexity index is 589. The van der Waals surface area contributed by atoms with E-state index < -0.39 is 10.5 Å². The van der Waals surface area contributed by atoms with Crippen LogP contribution in [-0.2, 0) is 11.2 Å². The van der Waals surface area contributed by atoms with E-state index in [2.05, 4.69) is 4.98 Å². The molecule has 2 heterocycles. The Hall–Kier alpha value is -2.18. The van der Waals surface area contributed by atoms with E-state index in [0.29, 0.717) is 25.1 Å². The average Bonchev–Trinajstić information content (AvgIpc) is 2.34. The fourth-order valence-corrected chi connectivity index (χ4v) is 2.32. The summed E-state index contributed by atoms with van der Waals surface area (Å²) in [6.07, 6.45) is 1.56. The van der Waals surface area contributed by atoms with E-state index in [4.69, 9.17) is 4.74 Å². The molecule has 7 nitrogen and oxygen atoms in total. The third-order valence-corrected chi connectivity index (χ3v) is 3.52. The Morgan fingerprint density at radius 2 is 2.14 bits per heavy atom. The van der Waals surface area contributed by atoms with E-state index in [-0.39, 0.29) is 17.7 Å². The van der Waals surface area contributed by atoms with Crippen LogP contribution in [0, 0.1) is 10.1 Å². The molecule has 1 fully saturated rings. The molecule has 0 aromatic carbocycles. The average molecular weight is 307 g/mol. The van der Waals surface area contributed by atoms with Gasteiger partial charge in [0.25, 0.3) is 5.69 Å². The second-order valence-corrected chi connectivity index (χ2v) is 6.43. The fraction of sp³-hybridized carbons (Fsp3) is 0.600. The first-order valence-electron chi connectivity index (χ1n) is 7.32. The van der Waals surface area contributed by atoms with Gasteiger partial charge in [-0.25, -0.2) is 4.79 Å². The molecule has 0 unspecified atom stereocenters. The van der Waals surface area contributed by atoms with Gasteiger partial charge in [-0.3, -0.25) is 15.1 Å². The Balaban J connectivity index is 2.02. The zero-order valence-electron chi connectivity index (χ0n) is 13.3. The first kappa shape index (κ1) is 16.2. The van der Waals surface area contributed by atoms with Gasteiger partial charge in [-0.1, -0.05) is 6.92 Å². The van der Waals surface area contributed by atoms with Crippen LogP contribution in [0.15, 0.2) is 12.3 Å². The van der Waals surface area contributed by atoms with E-state index in [0.717, 1.165) is 5.69 Å². The molecule has 120 valence electrons. The summed E-state index contributed by atoms with van der Waals surface area (Å²) in [6, 6.07) is 1.77. The summed E-state index contributed by atoms with van der Waals surface area (Å²) in [5, 5.41) is 10.9. The third kappa shape index (κ3) is 3.52. The normalized spacial score (nSPS) is 15.4. The number of hydrogen-bond acceptors (Lipinski definition) is 5. The van der Waals surface area contributed by atoms with Gasteiger partial charge in [0.15, 0.2) is 0 Å². The predicted octanol–water partition coefficient (Wildman–Crippen LogP) is 2.89. The van der Waals surface area contributed by atoms with Crippen LogP contribution in [-0.4, -0.2) is 39.6 Å². The lowest BCUT2D eigenvalue weighted by atomic mass is 9.94. The summed E-state index contributed by atoms with van der Waals surface area (Å²) >= 11 is 0. The van der Waals surface area contributed by atoms with Crippen molar-refractivity contribution < 1.29 is 14.5 Å². The maximum atomic E-state index is 11.9. The van der Waals surface area contributed by atoms with Crippen molar-refractivity contribution in [2.24, 2.45) is 0 Å². The van der Waals surface area contributed by atoms with Crippen molar-refractivity contribution in [3.05, 3.63) is 33.6 Å². The number of aromatic nitrogens is 1. The highest BCUT2D eigenvalue weighted by Crippen LogP contribution is 2.29. The molecule has 0 radical (unpaired) electrons. The third-order valence-electron chi connectivity index (χ3n) is 3.52.